The molecule has 1 aromatic heterocycles. The highest BCUT2D eigenvalue weighted by Gasteiger charge is 2.20. The van der Waals surface area contributed by atoms with Gasteiger partial charge in [0.15, 0.2) is 0 Å². The highest BCUT2D eigenvalue weighted by molar-refractivity contribution is 5.46. The number of hydrogen-bond acceptors (Lipinski definition) is 4. The molecule has 118 valence electrons. The Morgan fingerprint density at radius 1 is 1.32 bits per heavy atom. The summed E-state index contributed by atoms with van der Waals surface area (Å²) in [6.45, 7) is 3.89. The van der Waals surface area contributed by atoms with Crippen LogP contribution < -0.4 is 10.5 Å². The first-order valence-corrected chi connectivity index (χ1v) is 7.90. The molecule has 0 radical (unpaired) electrons. The van der Waals surface area contributed by atoms with Crippen LogP contribution in [0.1, 0.15) is 18.5 Å². The average Bonchev–Trinajstić information content (AvgIpc) is 3.03. The second kappa shape index (κ2) is 6.94. The van der Waals surface area contributed by atoms with Gasteiger partial charge in [-0.05, 0) is 50.0 Å². The molecule has 0 bridgehead atoms. The molecule has 2 aromatic rings. The Kier molecular flexibility index (Phi) is 4.75. The highest BCUT2D eigenvalue weighted by atomic mass is 16.5. The third kappa shape index (κ3) is 3.15. The van der Waals surface area contributed by atoms with E-state index in [-0.39, 0.29) is 0 Å². The van der Waals surface area contributed by atoms with Crippen molar-refractivity contribution in [1.82, 2.24) is 14.7 Å². The van der Waals surface area contributed by atoms with Crippen LogP contribution in [0.2, 0.25) is 0 Å². The molecule has 1 aliphatic rings. The van der Waals surface area contributed by atoms with Crippen molar-refractivity contribution in [2.75, 3.05) is 26.7 Å². The van der Waals surface area contributed by atoms with E-state index in [9.17, 15) is 0 Å². The van der Waals surface area contributed by atoms with E-state index < -0.39 is 0 Å². The number of likely N-dealkylation sites (tertiary alicyclic amines) is 1. The third-order valence-electron chi connectivity index (χ3n) is 4.36. The molecule has 1 fully saturated rings. The lowest BCUT2D eigenvalue weighted by Gasteiger charge is -2.32. The van der Waals surface area contributed by atoms with Crippen molar-refractivity contribution >= 4 is 0 Å². The van der Waals surface area contributed by atoms with Crippen LogP contribution in [0.4, 0.5) is 0 Å². The largest absolute Gasteiger partial charge is 0.494 e. The molecule has 1 aromatic carbocycles. The molecule has 2 heterocycles. The van der Waals surface area contributed by atoms with Gasteiger partial charge in [0.1, 0.15) is 11.4 Å². The number of para-hydroxylation sites is 2. The molecule has 5 heteroatoms. The zero-order chi connectivity index (χ0) is 15.4. The highest BCUT2D eigenvalue weighted by Crippen LogP contribution is 2.24. The van der Waals surface area contributed by atoms with Crippen molar-refractivity contribution in [3.05, 3.63) is 42.2 Å². The maximum absolute atomic E-state index is 5.84. The number of ether oxygens (including phenoxy) is 1. The summed E-state index contributed by atoms with van der Waals surface area (Å²) in [4.78, 5) is 2.48. The summed E-state index contributed by atoms with van der Waals surface area (Å²) in [6.07, 6.45) is 4.33. The van der Waals surface area contributed by atoms with E-state index in [2.05, 4.69) is 16.1 Å². The molecule has 0 amide bonds. The van der Waals surface area contributed by atoms with Gasteiger partial charge >= 0.3 is 0 Å². The Balaban J connectivity index is 1.80. The first kappa shape index (κ1) is 15.1. The maximum Gasteiger partial charge on any atom is 0.144 e. The summed E-state index contributed by atoms with van der Waals surface area (Å²) in [5.41, 5.74) is 8.00. The van der Waals surface area contributed by atoms with Crippen molar-refractivity contribution in [1.29, 1.82) is 0 Å². The Morgan fingerprint density at radius 2 is 2.18 bits per heavy atom. The van der Waals surface area contributed by atoms with Crippen molar-refractivity contribution in [2.45, 2.75) is 19.4 Å². The van der Waals surface area contributed by atoms with E-state index in [4.69, 9.17) is 10.5 Å². The van der Waals surface area contributed by atoms with Gasteiger partial charge in [-0.2, -0.15) is 5.10 Å². The number of benzene rings is 1. The predicted molar refractivity (Wildman–Crippen MR) is 87.2 cm³/mol. The van der Waals surface area contributed by atoms with Gasteiger partial charge < -0.3 is 10.5 Å². The van der Waals surface area contributed by atoms with Crippen LogP contribution in [-0.4, -0.2) is 41.4 Å². The molecule has 1 unspecified atom stereocenters. The minimum Gasteiger partial charge on any atom is -0.494 e. The standard InChI is InChI=1S/C17H24N4O/c1-22-17-7-3-2-6-16(17)21-15(8-9-19-21)13-20-10-4-5-14(11-18)12-20/h2-3,6-9,14H,4-5,10-13,18H2,1H3. The minimum absolute atomic E-state index is 0.622. The zero-order valence-corrected chi connectivity index (χ0v) is 13.1. The number of methoxy groups -OCH3 is 1. The van der Waals surface area contributed by atoms with Gasteiger partial charge in [0.2, 0.25) is 0 Å². The number of aromatic nitrogens is 2. The van der Waals surface area contributed by atoms with E-state index in [1.54, 1.807) is 7.11 Å². The Bertz CT molecular complexity index is 610. The fourth-order valence-electron chi connectivity index (χ4n) is 3.19. The summed E-state index contributed by atoms with van der Waals surface area (Å²) < 4.78 is 7.43. The maximum atomic E-state index is 5.84. The van der Waals surface area contributed by atoms with Gasteiger partial charge in [-0.1, -0.05) is 12.1 Å². The molecule has 0 spiro atoms. The lowest BCUT2D eigenvalue weighted by Crippen LogP contribution is -2.38. The van der Waals surface area contributed by atoms with Crippen LogP contribution in [0.25, 0.3) is 5.69 Å². The molecule has 22 heavy (non-hydrogen) atoms. The molecule has 1 saturated heterocycles. The van der Waals surface area contributed by atoms with Crippen LogP contribution in [-0.2, 0) is 6.54 Å². The van der Waals surface area contributed by atoms with E-state index >= 15 is 0 Å². The van der Waals surface area contributed by atoms with Gasteiger partial charge in [-0.15, -0.1) is 0 Å². The quantitative estimate of drug-likeness (QED) is 0.918. The van der Waals surface area contributed by atoms with E-state index in [1.807, 2.05) is 35.1 Å². The second-order valence-corrected chi connectivity index (χ2v) is 5.89. The zero-order valence-electron chi connectivity index (χ0n) is 13.1. The smallest absolute Gasteiger partial charge is 0.144 e. The Labute approximate surface area is 131 Å². The topological polar surface area (TPSA) is 56.3 Å². The van der Waals surface area contributed by atoms with Gasteiger partial charge in [0, 0.05) is 19.3 Å². The van der Waals surface area contributed by atoms with Crippen LogP contribution in [0.15, 0.2) is 36.5 Å². The van der Waals surface area contributed by atoms with Gasteiger partial charge in [0.05, 0.1) is 12.8 Å². The van der Waals surface area contributed by atoms with Crippen molar-refractivity contribution < 1.29 is 4.74 Å². The van der Waals surface area contributed by atoms with Crippen molar-refractivity contribution in [2.24, 2.45) is 11.7 Å². The van der Waals surface area contributed by atoms with Gasteiger partial charge in [-0.25, -0.2) is 4.68 Å². The molecular formula is C17H24N4O. The van der Waals surface area contributed by atoms with E-state index in [0.717, 1.165) is 37.6 Å². The minimum atomic E-state index is 0.622. The average molecular weight is 300 g/mol. The van der Waals surface area contributed by atoms with Gasteiger partial charge in [-0.3, -0.25) is 4.90 Å². The summed E-state index contributed by atoms with van der Waals surface area (Å²) >= 11 is 0. The second-order valence-electron chi connectivity index (χ2n) is 5.89. The molecule has 0 saturated carbocycles. The summed E-state index contributed by atoms with van der Waals surface area (Å²) in [6, 6.07) is 10.1. The fourth-order valence-corrected chi connectivity index (χ4v) is 3.19. The lowest BCUT2D eigenvalue weighted by atomic mass is 9.98. The molecule has 5 nitrogen and oxygen atoms in total. The van der Waals surface area contributed by atoms with E-state index in [0.29, 0.717) is 5.92 Å². The van der Waals surface area contributed by atoms with Crippen LogP contribution in [0.3, 0.4) is 0 Å². The van der Waals surface area contributed by atoms with Gasteiger partial charge in [0.25, 0.3) is 0 Å². The summed E-state index contributed by atoms with van der Waals surface area (Å²) in [5, 5.41) is 4.49. The Morgan fingerprint density at radius 3 is 3.00 bits per heavy atom. The molecule has 0 aliphatic carbocycles. The van der Waals surface area contributed by atoms with Crippen LogP contribution in [0.5, 0.6) is 5.75 Å². The Hall–Kier alpha value is -1.85. The van der Waals surface area contributed by atoms with Crippen LogP contribution >= 0.6 is 0 Å². The summed E-state index contributed by atoms with van der Waals surface area (Å²) in [5.74, 6) is 1.46. The third-order valence-corrected chi connectivity index (χ3v) is 4.36. The molecule has 1 atom stereocenters. The molecule has 3 rings (SSSR count). The fraction of sp³-hybridized carbons (Fsp3) is 0.471. The summed E-state index contributed by atoms with van der Waals surface area (Å²) in [7, 11) is 1.69. The first-order valence-electron chi connectivity index (χ1n) is 7.90. The number of nitrogens with zero attached hydrogens (tertiary/aromatic N) is 3. The number of rotatable bonds is 5. The first-order chi connectivity index (χ1) is 10.8. The predicted octanol–water partition coefficient (Wildman–Crippen LogP) is 2.05. The lowest BCUT2D eigenvalue weighted by molar-refractivity contribution is 0.168. The van der Waals surface area contributed by atoms with Crippen LogP contribution in [0, 0.1) is 5.92 Å². The van der Waals surface area contributed by atoms with E-state index in [1.165, 1.54) is 18.5 Å². The van der Waals surface area contributed by atoms with Crippen molar-refractivity contribution in [3.8, 4) is 11.4 Å². The SMILES string of the molecule is COc1ccccc1-n1nccc1CN1CCCC(CN)C1. The number of hydrogen-bond donors (Lipinski definition) is 1. The normalized spacial score (nSPS) is 19.3. The monoisotopic (exact) mass is 300 g/mol. The molecule has 2 N–H and O–H groups in total. The van der Waals surface area contributed by atoms with Crippen molar-refractivity contribution in [3.63, 3.8) is 0 Å². The molecule has 1 aliphatic heterocycles. The number of nitrogens with two attached hydrogens (primary N) is 1. The molecular weight excluding hydrogens is 276 g/mol. The number of piperidine rings is 1.